The van der Waals surface area contributed by atoms with E-state index in [-0.39, 0.29) is 41.5 Å². The molecule has 0 radical (unpaired) electrons. The average Bonchev–Trinajstić information content (AvgIpc) is 2.42. The summed E-state index contributed by atoms with van der Waals surface area (Å²) in [5.41, 5.74) is 0. The molecule has 0 aromatic heterocycles. The number of rotatable bonds is 4. The summed E-state index contributed by atoms with van der Waals surface area (Å²) in [7, 11) is -0.556. The van der Waals surface area contributed by atoms with Crippen molar-refractivity contribution >= 4 is 41.5 Å². The summed E-state index contributed by atoms with van der Waals surface area (Å²) in [6.45, 7) is 28.9. The highest BCUT2D eigenvalue weighted by Crippen LogP contribution is 2.02. The van der Waals surface area contributed by atoms with E-state index in [4.69, 9.17) is 20.4 Å². The molecule has 0 bridgehead atoms. The molecule has 4 atom stereocenters. The van der Waals surface area contributed by atoms with Crippen molar-refractivity contribution in [3.05, 3.63) is 0 Å². The van der Waals surface area contributed by atoms with Crippen LogP contribution in [0.25, 0.3) is 0 Å². The van der Waals surface area contributed by atoms with E-state index in [9.17, 15) is 4.79 Å². The van der Waals surface area contributed by atoms with Gasteiger partial charge in [0.1, 0.15) is 18.3 Å². The Kier molecular flexibility index (Phi) is 37.2. The molecule has 0 aliphatic carbocycles. The van der Waals surface area contributed by atoms with Crippen molar-refractivity contribution < 1.29 is 25.2 Å². The van der Waals surface area contributed by atoms with Crippen molar-refractivity contribution in [1.29, 1.82) is 0 Å². The lowest BCUT2D eigenvalue weighted by Gasteiger charge is -2.21. The van der Waals surface area contributed by atoms with Gasteiger partial charge in [0.2, 0.25) is 0 Å². The quantitative estimate of drug-likeness (QED) is 0.380. The number of hydrogen-bond donors (Lipinski definition) is 4. The number of hydrogen-bond acceptors (Lipinski definition) is 5. The van der Waals surface area contributed by atoms with Crippen LogP contribution in [0.4, 0.5) is 0 Å². The van der Waals surface area contributed by atoms with Gasteiger partial charge in [-0.25, -0.2) is 0 Å². The second-order valence-electron chi connectivity index (χ2n) is 9.28. The van der Waals surface area contributed by atoms with Gasteiger partial charge in [-0.2, -0.15) is 0 Å². The molecule has 0 aromatic carbocycles. The summed E-state index contributed by atoms with van der Waals surface area (Å²) >= 11 is 0. The van der Waals surface area contributed by atoms with Gasteiger partial charge in [-0.1, -0.05) is 78.6 Å². The van der Waals surface area contributed by atoms with E-state index in [0.717, 1.165) is 0 Å². The van der Waals surface area contributed by atoms with Crippen molar-refractivity contribution in [2.45, 2.75) is 110 Å². The van der Waals surface area contributed by atoms with E-state index in [2.05, 4.69) is 78.6 Å². The standard InChI is InChI=1S/C6H12O5.4C3H10Si/c1-3(8)5(10)6(11)4(9)2-7;4*1-4(2)3/h2-6,8-11H,1H3;4*4H,1-3H3. The van der Waals surface area contributed by atoms with Crippen LogP contribution >= 0.6 is 0 Å². The third-order valence-corrected chi connectivity index (χ3v) is 1.33. The van der Waals surface area contributed by atoms with E-state index in [1.807, 2.05) is 0 Å². The molecule has 170 valence electrons. The summed E-state index contributed by atoms with van der Waals surface area (Å²) in [6, 6.07) is 0. The van der Waals surface area contributed by atoms with Crippen LogP contribution in [0.5, 0.6) is 0 Å². The Hall–Kier alpha value is 0.378. The molecule has 4 N–H and O–H groups in total. The molecule has 0 aromatic rings. The Morgan fingerprint density at radius 2 is 0.741 bits per heavy atom. The molecule has 0 aliphatic heterocycles. The van der Waals surface area contributed by atoms with Gasteiger partial charge in [-0.15, -0.1) is 0 Å². The summed E-state index contributed by atoms with van der Waals surface area (Å²) in [5, 5.41) is 35.1. The summed E-state index contributed by atoms with van der Waals surface area (Å²) < 4.78 is 0. The van der Waals surface area contributed by atoms with Crippen LogP contribution in [0.3, 0.4) is 0 Å². The molecular weight excluding hydrogens is 409 g/mol. The Morgan fingerprint density at radius 3 is 0.852 bits per heavy atom. The minimum atomic E-state index is -1.65. The molecule has 0 heterocycles. The lowest BCUT2D eigenvalue weighted by Crippen LogP contribution is -2.43. The van der Waals surface area contributed by atoms with Crippen molar-refractivity contribution in [1.82, 2.24) is 0 Å². The number of carbonyl (C=O) groups excluding carboxylic acids is 1. The van der Waals surface area contributed by atoms with Crippen LogP contribution in [0, 0.1) is 0 Å². The Balaban J connectivity index is -0.0000000841. The first-order valence-electron chi connectivity index (χ1n) is 10.1. The summed E-state index contributed by atoms with van der Waals surface area (Å²) in [4.78, 5) is 9.87. The molecule has 5 nitrogen and oxygen atoms in total. The Labute approximate surface area is 176 Å². The van der Waals surface area contributed by atoms with Gasteiger partial charge in [0.25, 0.3) is 0 Å². The van der Waals surface area contributed by atoms with Crippen LogP contribution in [0.15, 0.2) is 0 Å². The van der Waals surface area contributed by atoms with Gasteiger partial charge in [0, 0.05) is 35.2 Å². The van der Waals surface area contributed by atoms with Gasteiger partial charge >= 0.3 is 0 Å². The molecule has 27 heavy (non-hydrogen) atoms. The number of aliphatic hydroxyl groups is 4. The highest BCUT2D eigenvalue weighted by molar-refractivity contribution is 6.54. The van der Waals surface area contributed by atoms with Crippen molar-refractivity contribution in [2.24, 2.45) is 0 Å². The zero-order valence-corrected chi connectivity index (χ0v) is 25.0. The summed E-state index contributed by atoms with van der Waals surface area (Å²) in [6.07, 6.45) is -5.88. The number of aldehydes is 1. The lowest BCUT2D eigenvalue weighted by atomic mass is 10.1. The molecule has 0 aliphatic rings. The van der Waals surface area contributed by atoms with Gasteiger partial charge in [0.15, 0.2) is 6.29 Å². The monoisotopic (exact) mass is 460 g/mol. The predicted octanol–water partition coefficient (Wildman–Crippen LogP) is 2.06. The van der Waals surface area contributed by atoms with Crippen LogP contribution < -0.4 is 0 Å². The van der Waals surface area contributed by atoms with Crippen molar-refractivity contribution in [3.8, 4) is 0 Å². The molecule has 0 fully saturated rings. The molecule has 0 saturated heterocycles. The second-order valence-corrected chi connectivity index (χ2v) is 23.1. The fourth-order valence-electron chi connectivity index (χ4n) is 0.568. The molecule has 0 amide bonds. The SMILES string of the molecule is CC(O)C(O)C(O)C(O)C=O.C[SiH](C)C.C[SiH](C)C.C[SiH](C)C.C[SiH](C)C. The lowest BCUT2D eigenvalue weighted by molar-refractivity contribution is -0.132. The molecule has 0 rings (SSSR count). The van der Waals surface area contributed by atoms with E-state index in [1.165, 1.54) is 6.92 Å². The minimum Gasteiger partial charge on any atom is -0.391 e. The third kappa shape index (κ3) is 75.8. The van der Waals surface area contributed by atoms with Gasteiger partial charge in [0.05, 0.1) is 6.10 Å². The normalized spacial score (nSPS) is 14.3. The first-order chi connectivity index (χ1) is 11.9. The number of aliphatic hydroxyl groups excluding tert-OH is 4. The highest BCUT2D eigenvalue weighted by Gasteiger charge is 2.27. The maximum Gasteiger partial charge on any atom is 0.151 e. The fourth-order valence-corrected chi connectivity index (χ4v) is 0.568. The van der Waals surface area contributed by atoms with Gasteiger partial charge in [-0.3, -0.25) is 0 Å². The van der Waals surface area contributed by atoms with Crippen LogP contribution in [0.2, 0.25) is 78.6 Å². The first-order valence-corrected chi connectivity index (χ1v) is 24.0. The topological polar surface area (TPSA) is 98.0 Å². The minimum absolute atomic E-state index is 0.0935. The maximum atomic E-state index is 9.87. The van der Waals surface area contributed by atoms with Crippen LogP contribution in [0.1, 0.15) is 6.92 Å². The van der Waals surface area contributed by atoms with Crippen LogP contribution in [-0.2, 0) is 4.79 Å². The maximum absolute atomic E-state index is 9.87. The largest absolute Gasteiger partial charge is 0.391 e. The predicted molar refractivity (Wildman–Crippen MR) is 135 cm³/mol. The summed E-state index contributed by atoms with van der Waals surface area (Å²) in [5.74, 6) is 0. The molecular formula is C18H52O5Si4. The van der Waals surface area contributed by atoms with E-state index in [0.29, 0.717) is 0 Å². The van der Waals surface area contributed by atoms with Gasteiger partial charge in [-0.05, 0) is 6.92 Å². The highest BCUT2D eigenvalue weighted by atomic mass is 28.3. The fraction of sp³-hybridized carbons (Fsp3) is 0.944. The first kappa shape index (κ1) is 38.0. The average molecular weight is 461 g/mol. The van der Waals surface area contributed by atoms with E-state index >= 15 is 0 Å². The molecule has 0 saturated carbocycles. The Morgan fingerprint density at radius 1 is 0.556 bits per heavy atom. The Bertz CT molecular complexity index is 243. The van der Waals surface area contributed by atoms with Gasteiger partial charge < -0.3 is 25.2 Å². The molecule has 9 heteroatoms. The van der Waals surface area contributed by atoms with E-state index in [1.54, 1.807) is 0 Å². The zero-order valence-electron chi connectivity index (χ0n) is 20.4. The smallest absolute Gasteiger partial charge is 0.151 e. The van der Waals surface area contributed by atoms with Crippen LogP contribution in [-0.4, -0.2) is 86.3 Å². The molecule has 4 unspecified atom stereocenters. The van der Waals surface area contributed by atoms with Crippen molar-refractivity contribution in [3.63, 3.8) is 0 Å². The zero-order chi connectivity index (χ0) is 23.3. The third-order valence-electron chi connectivity index (χ3n) is 1.33. The van der Waals surface area contributed by atoms with E-state index < -0.39 is 24.4 Å². The second kappa shape index (κ2) is 26.4. The number of carbonyl (C=O) groups is 1. The molecule has 0 spiro atoms. The van der Waals surface area contributed by atoms with Crippen molar-refractivity contribution in [2.75, 3.05) is 0 Å².